The van der Waals surface area contributed by atoms with Crippen LogP contribution >= 0.6 is 11.6 Å². The van der Waals surface area contributed by atoms with Gasteiger partial charge in [0.2, 0.25) is 0 Å². The number of alkyl halides is 3. The van der Waals surface area contributed by atoms with Crippen LogP contribution in [0.3, 0.4) is 0 Å². The Morgan fingerprint density at radius 3 is 2.09 bits per heavy atom. The Kier molecular flexibility index (Phi) is 7.86. The number of halogens is 4. The zero-order chi connectivity index (χ0) is 24.7. The SMILES string of the molecule is NC(=CC(=Nc1ccccc1Cl)c1ccc(C(=O)OCC(=O)c2ccccc2)cc1)C(F)(F)F. The van der Waals surface area contributed by atoms with Gasteiger partial charge in [-0.3, -0.25) is 4.79 Å². The first kappa shape index (κ1) is 24.7. The second-order valence-corrected chi connectivity index (χ2v) is 7.40. The molecule has 0 atom stereocenters. The van der Waals surface area contributed by atoms with Crippen LogP contribution in [0.15, 0.2) is 95.6 Å². The van der Waals surface area contributed by atoms with E-state index in [9.17, 15) is 22.8 Å². The van der Waals surface area contributed by atoms with Gasteiger partial charge in [0.15, 0.2) is 12.4 Å². The van der Waals surface area contributed by atoms with Crippen molar-refractivity contribution in [2.24, 2.45) is 10.7 Å². The molecule has 174 valence electrons. The molecule has 0 saturated carbocycles. The summed E-state index contributed by atoms with van der Waals surface area (Å²) in [6, 6.07) is 20.2. The molecule has 5 nitrogen and oxygen atoms in total. The van der Waals surface area contributed by atoms with Gasteiger partial charge in [0.1, 0.15) is 5.70 Å². The fourth-order valence-corrected chi connectivity index (χ4v) is 2.96. The van der Waals surface area contributed by atoms with Gasteiger partial charge in [-0.2, -0.15) is 13.2 Å². The van der Waals surface area contributed by atoms with Crippen molar-refractivity contribution < 1.29 is 27.5 Å². The van der Waals surface area contributed by atoms with Crippen molar-refractivity contribution in [2.75, 3.05) is 6.61 Å². The third-order valence-electron chi connectivity index (χ3n) is 4.56. The lowest BCUT2D eigenvalue weighted by molar-refractivity contribution is -0.0925. The molecule has 0 amide bonds. The van der Waals surface area contributed by atoms with E-state index in [4.69, 9.17) is 22.1 Å². The van der Waals surface area contributed by atoms with Gasteiger partial charge >= 0.3 is 12.1 Å². The lowest BCUT2D eigenvalue weighted by atomic mass is 10.1. The van der Waals surface area contributed by atoms with E-state index in [0.717, 1.165) is 0 Å². The Bertz CT molecular complexity index is 1240. The third kappa shape index (κ3) is 6.55. The van der Waals surface area contributed by atoms with E-state index in [2.05, 4.69) is 4.99 Å². The number of benzene rings is 3. The highest BCUT2D eigenvalue weighted by molar-refractivity contribution is 6.33. The summed E-state index contributed by atoms with van der Waals surface area (Å²) in [7, 11) is 0. The number of allylic oxidation sites excluding steroid dienone is 2. The number of aliphatic imine (C=N–C) groups is 1. The average Bonchev–Trinajstić information content (AvgIpc) is 2.83. The minimum atomic E-state index is -4.75. The van der Waals surface area contributed by atoms with Gasteiger partial charge in [0, 0.05) is 11.1 Å². The second kappa shape index (κ2) is 10.8. The molecule has 0 bridgehead atoms. The first-order chi connectivity index (χ1) is 16.1. The smallest absolute Gasteiger partial charge is 0.430 e. The summed E-state index contributed by atoms with van der Waals surface area (Å²) in [6.07, 6.45) is -4.06. The quantitative estimate of drug-likeness (QED) is 0.256. The van der Waals surface area contributed by atoms with Crippen molar-refractivity contribution in [3.05, 3.63) is 112 Å². The molecule has 2 N–H and O–H groups in total. The first-order valence-corrected chi connectivity index (χ1v) is 10.3. The molecule has 0 spiro atoms. The summed E-state index contributed by atoms with van der Waals surface area (Å²) in [4.78, 5) is 28.6. The Morgan fingerprint density at radius 1 is 0.882 bits per heavy atom. The number of carbonyl (C=O) groups is 2. The largest absolute Gasteiger partial charge is 0.454 e. The molecule has 0 fully saturated rings. The summed E-state index contributed by atoms with van der Waals surface area (Å²) in [5.41, 5.74) is 4.74. The molecule has 0 saturated heterocycles. The second-order valence-electron chi connectivity index (χ2n) is 6.99. The predicted molar refractivity (Wildman–Crippen MR) is 123 cm³/mol. The van der Waals surface area contributed by atoms with Crippen molar-refractivity contribution >= 4 is 34.8 Å². The third-order valence-corrected chi connectivity index (χ3v) is 4.88. The van der Waals surface area contributed by atoms with Gasteiger partial charge in [-0.05, 0) is 30.3 Å². The number of para-hydroxylation sites is 1. The number of rotatable bonds is 7. The van der Waals surface area contributed by atoms with Gasteiger partial charge in [-0.1, -0.05) is 66.2 Å². The molecule has 0 aliphatic heterocycles. The molecular formula is C25H18ClF3N2O3. The molecule has 0 aromatic heterocycles. The minimum Gasteiger partial charge on any atom is -0.454 e. The fourth-order valence-electron chi connectivity index (χ4n) is 2.78. The Labute approximate surface area is 198 Å². The number of ether oxygens (including phenoxy) is 1. The average molecular weight is 487 g/mol. The van der Waals surface area contributed by atoms with E-state index in [1.165, 1.54) is 30.3 Å². The molecule has 3 rings (SSSR count). The van der Waals surface area contributed by atoms with Gasteiger partial charge in [0.25, 0.3) is 0 Å². The van der Waals surface area contributed by atoms with Crippen molar-refractivity contribution in [2.45, 2.75) is 6.18 Å². The zero-order valence-electron chi connectivity index (χ0n) is 17.6. The molecule has 34 heavy (non-hydrogen) atoms. The number of ketones is 1. The van der Waals surface area contributed by atoms with Crippen molar-refractivity contribution in [1.82, 2.24) is 0 Å². The van der Waals surface area contributed by atoms with Gasteiger partial charge in [-0.15, -0.1) is 0 Å². The topological polar surface area (TPSA) is 81.8 Å². The Hall–Kier alpha value is -3.91. The first-order valence-electron chi connectivity index (χ1n) is 9.88. The molecule has 0 aliphatic rings. The van der Waals surface area contributed by atoms with E-state index in [-0.39, 0.29) is 33.3 Å². The van der Waals surface area contributed by atoms with Gasteiger partial charge in [-0.25, -0.2) is 9.79 Å². The lowest BCUT2D eigenvalue weighted by Gasteiger charge is -2.10. The Morgan fingerprint density at radius 2 is 1.47 bits per heavy atom. The molecule has 3 aromatic rings. The maximum absolute atomic E-state index is 13.0. The van der Waals surface area contributed by atoms with E-state index in [1.54, 1.807) is 48.5 Å². The molecule has 0 heterocycles. The van der Waals surface area contributed by atoms with Crippen molar-refractivity contribution in [3.8, 4) is 0 Å². The number of hydrogen-bond donors (Lipinski definition) is 1. The standard InChI is InChI=1S/C25H18ClF3N2O3/c26-19-8-4-5-9-20(19)31-21(14-23(30)25(27,28)29)16-10-12-18(13-11-16)24(33)34-15-22(32)17-6-2-1-3-7-17/h1-14H,15,30H2. The van der Waals surface area contributed by atoms with E-state index in [0.29, 0.717) is 11.6 Å². The number of carbonyl (C=O) groups excluding carboxylic acids is 2. The highest BCUT2D eigenvalue weighted by Gasteiger charge is 2.31. The van der Waals surface area contributed by atoms with Crippen LogP contribution in [0.2, 0.25) is 5.02 Å². The monoisotopic (exact) mass is 486 g/mol. The van der Waals surface area contributed by atoms with Gasteiger partial charge < -0.3 is 10.5 Å². The van der Waals surface area contributed by atoms with Crippen LogP contribution in [0, 0.1) is 0 Å². The number of esters is 1. The summed E-state index contributed by atoms with van der Waals surface area (Å²) in [5, 5.41) is 0.238. The summed E-state index contributed by atoms with van der Waals surface area (Å²) >= 11 is 6.08. The molecule has 0 unspecified atom stereocenters. The highest BCUT2D eigenvalue weighted by Crippen LogP contribution is 2.27. The summed E-state index contributed by atoms with van der Waals surface area (Å²) in [5.74, 6) is -1.13. The van der Waals surface area contributed by atoms with Crippen LogP contribution in [0.1, 0.15) is 26.3 Å². The number of Topliss-reactive ketones (excluding diaryl/α,β-unsaturated/α-hetero) is 1. The fraction of sp³-hybridized carbons (Fsp3) is 0.0800. The molecule has 3 aromatic carbocycles. The maximum Gasteiger partial charge on any atom is 0.430 e. The molecule has 9 heteroatoms. The minimum absolute atomic E-state index is 0.106. The van der Waals surface area contributed by atoms with Crippen LogP contribution in [0.4, 0.5) is 18.9 Å². The number of hydrogen-bond acceptors (Lipinski definition) is 5. The van der Waals surface area contributed by atoms with Crippen molar-refractivity contribution in [3.63, 3.8) is 0 Å². The zero-order valence-corrected chi connectivity index (χ0v) is 18.3. The lowest BCUT2D eigenvalue weighted by Crippen LogP contribution is -2.21. The van der Waals surface area contributed by atoms with E-state index < -0.39 is 24.4 Å². The molecular weight excluding hydrogens is 469 g/mol. The van der Waals surface area contributed by atoms with Crippen LogP contribution < -0.4 is 5.73 Å². The number of nitrogens with zero attached hydrogens (tertiary/aromatic N) is 1. The van der Waals surface area contributed by atoms with Crippen molar-refractivity contribution in [1.29, 1.82) is 0 Å². The van der Waals surface area contributed by atoms with E-state index in [1.807, 2.05) is 0 Å². The summed E-state index contributed by atoms with van der Waals surface area (Å²) in [6.45, 7) is -0.450. The number of nitrogens with two attached hydrogens (primary N) is 1. The normalized spacial score (nSPS) is 12.4. The van der Waals surface area contributed by atoms with Crippen LogP contribution in [0.25, 0.3) is 0 Å². The molecule has 0 radical (unpaired) electrons. The Balaban J connectivity index is 1.82. The maximum atomic E-state index is 13.0. The van der Waals surface area contributed by atoms with Crippen LogP contribution in [-0.2, 0) is 4.74 Å². The molecule has 0 aliphatic carbocycles. The van der Waals surface area contributed by atoms with Crippen LogP contribution in [-0.4, -0.2) is 30.2 Å². The van der Waals surface area contributed by atoms with Gasteiger partial charge in [0.05, 0.1) is 22.0 Å². The van der Waals surface area contributed by atoms with Crippen LogP contribution in [0.5, 0.6) is 0 Å². The predicted octanol–water partition coefficient (Wildman–Crippen LogP) is 5.91. The van der Waals surface area contributed by atoms with E-state index >= 15 is 0 Å². The summed E-state index contributed by atoms with van der Waals surface area (Å²) < 4.78 is 44.1. The highest BCUT2D eigenvalue weighted by atomic mass is 35.5.